The van der Waals surface area contributed by atoms with E-state index in [-0.39, 0.29) is 16.9 Å². The highest BCUT2D eigenvalue weighted by Gasteiger charge is 2.37. The van der Waals surface area contributed by atoms with Crippen molar-refractivity contribution in [3.63, 3.8) is 0 Å². The van der Waals surface area contributed by atoms with Crippen LogP contribution in [0.2, 0.25) is 0 Å². The van der Waals surface area contributed by atoms with Crippen molar-refractivity contribution in [2.75, 3.05) is 0 Å². The molecule has 0 spiro atoms. The van der Waals surface area contributed by atoms with Crippen LogP contribution in [0.15, 0.2) is 48.5 Å². The molecule has 0 aliphatic heterocycles. The second kappa shape index (κ2) is 5.24. The van der Waals surface area contributed by atoms with Gasteiger partial charge in [-0.15, -0.1) is 0 Å². The SMILES string of the molecule is O=C1CCC(c2ccc(O)cc2)(c2ccc(O)cc2)CC1. The fourth-order valence-corrected chi connectivity index (χ4v) is 3.26. The zero-order valence-corrected chi connectivity index (χ0v) is 11.7. The maximum Gasteiger partial charge on any atom is 0.133 e. The number of phenolic OH excluding ortho intramolecular Hbond substituents is 2. The van der Waals surface area contributed by atoms with Crippen LogP contribution < -0.4 is 0 Å². The molecule has 0 saturated heterocycles. The standard InChI is InChI=1S/C18H18O3/c19-15-5-1-13(2-6-15)18(11-9-17(21)10-12-18)14-3-7-16(20)8-4-14/h1-8,19-20H,9-12H2. The number of benzene rings is 2. The molecule has 1 saturated carbocycles. The molecule has 1 aliphatic rings. The summed E-state index contributed by atoms with van der Waals surface area (Å²) in [6.07, 6.45) is 2.67. The monoisotopic (exact) mass is 282 g/mol. The number of aromatic hydroxyl groups is 2. The number of rotatable bonds is 2. The second-order valence-electron chi connectivity index (χ2n) is 5.71. The third kappa shape index (κ3) is 2.51. The Morgan fingerprint density at radius 3 is 1.48 bits per heavy atom. The first-order valence-electron chi connectivity index (χ1n) is 7.21. The topological polar surface area (TPSA) is 57.5 Å². The van der Waals surface area contributed by atoms with Crippen LogP contribution in [-0.2, 0) is 10.2 Å². The average Bonchev–Trinajstić information content (AvgIpc) is 2.50. The molecular weight excluding hydrogens is 264 g/mol. The van der Waals surface area contributed by atoms with Crippen LogP contribution in [0.5, 0.6) is 11.5 Å². The highest BCUT2D eigenvalue weighted by atomic mass is 16.3. The molecule has 0 aromatic heterocycles. The normalized spacial score (nSPS) is 17.6. The third-order valence-corrected chi connectivity index (χ3v) is 4.50. The molecule has 108 valence electrons. The molecule has 0 bridgehead atoms. The maximum atomic E-state index is 11.6. The minimum Gasteiger partial charge on any atom is -0.508 e. The van der Waals surface area contributed by atoms with E-state index in [4.69, 9.17) is 0 Å². The Morgan fingerprint density at radius 2 is 1.10 bits per heavy atom. The van der Waals surface area contributed by atoms with E-state index in [0.717, 1.165) is 24.0 Å². The van der Waals surface area contributed by atoms with E-state index in [1.807, 2.05) is 24.3 Å². The van der Waals surface area contributed by atoms with E-state index in [1.165, 1.54) is 0 Å². The summed E-state index contributed by atoms with van der Waals surface area (Å²) >= 11 is 0. The van der Waals surface area contributed by atoms with Gasteiger partial charge < -0.3 is 10.2 Å². The summed E-state index contributed by atoms with van der Waals surface area (Å²) in [7, 11) is 0. The highest BCUT2D eigenvalue weighted by Crippen LogP contribution is 2.44. The number of phenols is 2. The van der Waals surface area contributed by atoms with Gasteiger partial charge in [0.15, 0.2) is 0 Å². The Hall–Kier alpha value is -2.29. The van der Waals surface area contributed by atoms with E-state index in [1.54, 1.807) is 24.3 Å². The van der Waals surface area contributed by atoms with Crippen LogP contribution in [-0.4, -0.2) is 16.0 Å². The maximum absolute atomic E-state index is 11.6. The summed E-state index contributed by atoms with van der Waals surface area (Å²) in [5, 5.41) is 19.0. The van der Waals surface area contributed by atoms with Crippen molar-refractivity contribution in [1.82, 2.24) is 0 Å². The first-order chi connectivity index (χ1) is 10.1. The van der Waals surface area contributed by atoms with Crippen LogP contribution in [0.3, 0.4) is 0 Å². The molecule has 0 unspecified atom stereocenters. The van der Waals surface area contributed by atoms with Gasteiger partial charge in [0.25, 0.3) is 0 Å². The number of carbonyl (C=O) groups is 1. The third-order valence-electron chi connectivity index (χ3n) is 4.50. The minimum atomic E-state index is -0.213. The quantitative estimate of drug-likeness (QED) is 0.886. The largest absolute Gasteiger partial charge is 0.508 e. The highest BCUT2D eigenvalue weighted by molar-refractivity contribution is 5.80. The molecule has 0 atom stereocenters. The van der Waals surface area contributed by atoms with Gasteiger partial charge >= 0.3 is 0 Å². The van der Waals surface area contributed by atoms with Crippen LogP contribution in [0.25, 0.3) is 0 Å². The number of hydrogen-bond acceptors (Lipinski definition) is 3. The fraction of sp³-hybridized carbons (Fsp3) is 0.278. The molecule has 3 heteroatoms. The van der Waals surface area contributed by atoms with Crippen LogP contribution in [0.1, 0.15) is 36.8 Å². The molecule has 2 aromatic carbocycles. The van der Waals surface area contributed by atoms with E-state index in [0.29, 0.717) is 18.6 Å². The molecule has 21 heavy (non-hydrogen) atoms. The van der Waals surface area contributed by atoms with Gasteiger partial charge in [0, 0.05) is 18.3 Å². The zero-order chi connectivity index (χ0) is 14.9. The minimum absolute atomic E-state index is 0.213. The van der Waals surface area contributed by atoms with E-state index >= 15 is 0 Å². The Morgan fingerprint density at radius 1 is 0.714 bits per heavy atom. The number of hydrogen-bond donors (Lipinski definition) is 2. The smallest absolute Gasteiger partial charge is 0.133 e. The lowest BCUT2D eigenvalue weighted by Gasteiger charge is -2.38. The lowest BCUT2D eigenvalue weighted by atomic mass is 9.65. The van der Waals surface area contributed by atoms with Crippen molar-refractivity contribution in [1.29, 1.82) is 0 Å². The van der Waals surface area contributed by atoms with Crippen molar-refractivity contribution in [2.45, 2.75) is 31.1 Å². The van der Waals surface area contributed by atoms with Gasteiger partial charge in [0.05, 0.1) is 0 Å². The predicted molar refractivity (Wildman–Crippen MR) is 80.5 cm³/mol. The van der Waals surface area contributed by atoms with Crippen LogP contribution in [0, 0.1) is 0 Å². The lowest BCUT2D eigenvalue weighted by molar-refractivity contribution is -0.121. The molecule has 1 fully saturated rings. The predicted octanol–water partition coefficient (Wildman–Crippen LogP) is 3.53. The van der Waals surface area contributed by atoms with Gasteiger partial charge in [-0.3, -0.25) is 4.79 Å². The summed E-state index contributed by atoms with van der Waals surface area (Å²) in [4.78, 5) is 11.6. The second-order valence-corrected chi connectivity index (χ2v) is 5.71. The number of Topliss-reactive ketones (excluding diaryl/α,β-unsaturated/α-hetero) is 1. The van der Waals surface area contributed by atoms with Gasteiger partial charge in [0.1, 0.15) is 17.3 Å². The zero-order valence-electron chi connectivity index (χ0n) is 11.7. The molecule has 0 heterocycles. The summed E-state index contributed by atoms with van der Waals surface area (Å²) in [5.41, 5.74) is 2.01. The average molecular weight is 282 g/mol. The lowest BCUT2D eigenvalue weighted by Crippen LogP contribution is -2.33. The Bertz CT molecular complexity index is 584. The van der Waals surface area contributed by atoms with Crippen molar-refractivity contribution in [3.05, 3.63) is 59.7 Å². The van der Waals surface area contributed by atoms with Gasteiger partial charge in [0.2, 0.25) is 0 Å². The Labute approximate surface area is 123 Å². The van der Waals surface area contributed by atoms with E-state index in [9.17, 15) is 15.0 Å². The molecule has 0 amide bonds. The first-order valence-corrected chi connectivity index (χ1v) is 7.21. The van der Waals surface area contributed by atoms with E-state index in [2.05, 4.69) is 0 Å². The van der Waals surface area contributed by atoms with Crippen molar-refractivity contribution in [2.24, 2.45) is 0 Å². The summed E-state index contributed by atoms with van der Waals surface area (Å²) in [6.45, 7) is 0. The Balaban J connectivity index is 2.08. The molecule has 1 aliphatic carbocycles. The van der Waals surface area contributed by atoms with Crippen molar-refractivity contribution >= 4 is 5.78 Å². The number of ketones is 1. The first kappa shape index (κ1) is 13.7. The summed E-state index contributed by atoms with van der Waals surface area (Å²) in [6, 6.07) is 14.5. The molecule has 2 N–H and O–H groups in total. The van der Waals surface area contributed by atoms with Gasteiger partial charge in [-0.25, -0.2) is 0 Å². The van der Waals surface area contributed by atoms with Crippen LogP contribution in [0.4, 0.5) is 0 Å². The van der Waals surface area contributed by atoms with E-state index < -0.39 is 0 Å². The van der Waals surface area contributed by atoms with Crippen LogP contribution >= 0.6 is 0 Å². The molecule has 2 aromatic rings. The van der Waals surface area contributed by atoms with Gasteiger partial charge in [-0.05, 0) is 48.2 Å². The summed E-state index contributed by atoms with van der Waals surface area (Å²) in [5.74, 6) is 0.793. The Kier molecular flexibility index (Phi) is 3.42. The van der Waals surface area contributed by atoms with Gasteiger partial charge in [-0.1, -0.05) is 24.3 Å². The van der Waals surface area contributed by atoms with Crippen molar-refractivity contribution < 1.29 is 15.0 Å². The molecule has 3 rings (SSSR count). The molecule has 3 nitrogen and oxygen atoms in total. The molecule has 0 radical (unpaired) electrons. The van der Waals surface area contributed by atoms with Gasteiger partial charge in [-0.2, -0.15) is 0 Å². The molecular formula is C18H18O3. The van der Waals surface area contributed by atoms with Crippen molar-refractivity contribution in [3.8, 4) is 11.5 Å². The fourth-order valence-electron chi connectivity index (χ4n) is 3.26. The number of carbonyl (C=O) groups excluding carboxylic acids is 1. The summed E-state index contributed by atoms with van der Waals surface area (Å²) < 4.78 is 0.